The lowest BCUT2D eigenvalue weighted by Crippen LogP contribution is -2.34. The summed E-state index contributed by atoms with van der Waals surface area (Å²) >= 11 is 3.45. The summed E-state index contributed by atoms with van der Waals surface area (Å²) in [6, 6.07) is 2.16. The van der Waals surface area contributed by atoms with E-state index in [0.717, 1.165) is 26.8 Å². The summed E-state index contributed by atoms with van der Waals surface area (Å²) in [5.74, 6) is 0. The number of nitrogens with zero attached hydrogens (tertiary/aromatic N) is 2. The molecule has 18 heavy (non-hydrogen) atoms. The maximum atomic E-state index is 11.6. The van der Waals surface area contributed by atoms with Crippen LogP contribution in [0.1, 0.15) is 6.42 Å². The molecule has 0 bridgehead atoms. The molecule has 1 atom stereocenters. The number of halogens is 1. The zero-order valence-electron chi connectivity index (χ0n) is 9.43. The van der Waals surface area contributed by atoms with Crippen LogP contribution in [0, 0.1) is 22.0 Å². The molecule has 3 nitrogen and oxygen atoms in total. The van der Waals surface area contributed by atoms with Crippen molar-refractivity contribution in [2.45, 2.75) is 6.42 Å². The van der Waals surface area contributed by atoms with E-state index in [1.165, 1.54) is 6.20 Å². The first-order chi connectivity index (χ1) is 8.64. The molecule has 4 heteroatoms. The molecule has 0 fully saturated rings. The minimum Gasteiger partial charge on any atom is -0.619 e. The van der Waals surface area contributed by atoms with Crippen LogP contribution >= 0.6 is 15.9 Å². The third-order valence-corrected chi connectivity index (χ3v) is 4.00. The number of rotatable bonds is 0. The number of allylic oxidation sites excluding steroid dienone is 9. The first-order valence-corrected chi connectivity index (χ1v) is 6.35. The minimum atomic E-state index is -0.409. The summed E-state index contributed by atoms with van der Waals surface area (Å²) in [6.07, 6.45) is 13.4. The zero-order valence-corrected chi connectivity index (χ0v) is 11.0. The fraction of sp³-hybridized carbons (Fsp3) is 0.143. The third kappa shape index (κ3) is 1.52. The molecule has 0 radical (unpaired) electrons. The van der Waals surface area contributed by atoms with Crippen LogP contribution in [0.3, 0.4) is 0 Å². The highest BCUT2D eigenvalue weighted by Crippen LogP contribution is 2.47. The predicted molar refractivity (Wildman–Crippen MR) is 72.8 cm³/mol. The first-order valence-electron chi connectivity index (χ1n) is 5.55. The summed E-state index contributed by atoms with van der Waals surface area (Å²) in [6.45, 7) is 0. The van der Waals surface area contributed by atoms with Gasteiger partial charge in [0.25, 0.3) is 0 Å². The molecule has 0 saturated carbocycles. The van der Waals surface area contributed by atoms with Gasteiger partial charge in [0.2, 0.25) is 0 Å². The quantitative estimate of drug-likeness (QED) is 0.510. The summed E-state index contributed by atoms with van der Waals surface area (Å²) in [4.78, 5) is 0. The van der Waals surface area contributed by atoms with Crippen LogP contribution in [0.4, 0.5) is 0 Å². The van der Waals surface area contributed by atoms with E-state index < -0.39 is 5.41 Å². The maximum absolute atomic E-state index is 11.6. The van der Waals surface area contributed by atoms with Gasteiger partial charge in [-0.05, 0) is 35.8 Å². The highest BCUT2D eigenvalue weighted by molar-refractivity contribution is 9.11. The van der Waals surface area contributed by atoms with Crippen molar-refractivity contribution in [1.82, 2.24) is 0 Å². The van der Waals surface area contributed by atoms with Crippen LogP contribution in [0.25, 0.3) is 0 Å². The van der Waals surface area contributed by atoms with Crippen LogP contribution in [0.5, 0.6) is 0 Å². The Morgan fingerprint density at radius 1 is 1.33 bits per heavy atom. The number of hydroxylamine groups is 1. The number of nitriles is 1. The van der Waals surface area contributed by atoms with Crippen molar-refractivity contribution in [3.63, 3.8) is 0 Å². The highest BCUT2D eigenvalue weighted by atomic mass is 79.9. The highest BCUT2D eigenvalue weighted by Gasteiger charge is 2.42. The Morgan fingerprint density at radius 3 is 2.94 bits per heavy atom. The van der Waals surface area contributed by atoms with Gasteiger partial charge in [-0.25, -0.2) is 0 Å². The Bertz CT molecular complexity index is 656. The Morgan fingerprint density at radius 2 is 2.17 bits per heavy atom. The van der Waals surface area contributed by atoms with Crippen molar-refractivity contribution in [2.24, 2.45) is 5.41 Å². The standard InChI is InChI=1S/C14H9BrN2O/c15-13-1-3-14-9-17(18)4-2-11(14)5-10(8-16)6-12(14)7-13/h1-2,4-7,9H,3H2. The molecule has 0 saturated heterocycles. The second-order valence-corrected chi connectivity index (χ2v) is 5.40. The molecule has 1 heterocycles. The van der Waals surface area contributed by atoms with Gasteiger partial charge in [-0.1, -0.05) is 22.0 Å². The second-order valence-electron chi connectivity index (χ2n) is 4.48. The summed E-state index contributed by atoms with van der Waals surface area (Å²) < 4.78 is 1.82. The molecule has 0 N–H and O–H groups in total. The van der Waals surface area contributed by atoms with E-state index >= 15 is 0 Å². The molecule has 88 valence electrons. The number of hydrogen-bond acceptors (Lipinski definition) is 2. The van der Waals surface area contributed by atoms with E-state index in [0.29, 0.717) is 5.57 Å². The average Bonchev–Trinajstić information content (AvgIpc) is 2.36. The van der Waals surface area contributed by atoms with Crippen molar-refractivity contribution in [1.29, 1.82) is 5.26 Å². The SMILES string of the molecule is N#CC1=CC2=CC(Br)=CCC23C=[N+]([O-])C=CC3=C1. The summed E-state index contributed by atoms with van der Waals surface area (Å²) in [7, 11) is 0. The lowest BCUT2D eigenvalue weighted by molar-refractivity contribution is -0.378. The molecule has 1 unspecified atom stereocenters. The predicted octanol–water partition coefficient (Wildman–Crippen LogP) is 3.08. The van der Waals surface area contributed by atoms with E-state index in [4.69, 9.17) is 5.26 Å². The van der Waals surface area contributed by atoms with Crippen molar-refractivity contribution in [3.8, 4) is 6.07 Å². The molecular formula is C14H9BrN2O. The van der Waals surface area contributed by atoms with E-state index in [1.807, 2.05) is 24.3 Å². The van der Waals surface area contributed by atoms with Gasteiger partial charge in [0.15, 0.2) is 12.4 Å². The summed E-state index contributed by atoms with van der Waals surface area (Å²) in [5.41, 5.74) is 2.19. The van der Waals surface area contributed by atoms with E-state index in [-0.39, 0.29) is 0 Å². The van der Waals surface area contributed by atoms with Crippen molar-refractivity contribution < 1.29 is 4.74 Å². The van der Waals surface area contributed by atoms with Gasteiger partial charge in [0.05, 0.1) is 11.6 Å². The first kappa shape index (κ1) is 11.2. The van der Waals surface area contributed by atoms with Crippen LogP contribution in [-0.2, 0) is 0 Å². The van der Waals surface area contributed by atoms with Crippen LogP contribution in [0.15, 0.2) is 57.8 Å². The molecule has 0 aromatic carbocycles. The van der Waals surface area contributed by atoms with Crippen LogP contribution < -0.4 is 0 Å². The molecule has 0 aromatic rings. The Balaban J connectivity index is 2.24. The summed E-state index contributed by atoms with van der Waals surface area (Å²) in [5, 5.41) is 20.7. The van der Waals surface area contributed by atoms with Crippen molar-refractivity contribution in [3.05, 3.63) is 63.0 Å². The molecule has 3 aliphatic rings. The second kappa shape index (κ2) is 3.82. The number of hydrogen-bond donors (Lipinski definition) is 0. The van der Waals surface area contributed by atoms with E-state index in [2.05, 4.69) is 22.0 Å². The molecule has 0 amide bonds. The van der Waals surface area contributed by atoms with Gasteiger partial charge < -0.3 is 5.21 Å². The molecule has 1 spiro atoms. The normalized spacial score (nSPS) is 28.8. The zero-order chi connectivity index (χ0) is 12.8. The van der Waals surface area contributed by atoms with Gasteiger partial charge in [-0.3, -0.25) is 0 Å². The minimum absolute atomic E-state index is 0.409. The molecule has 1 aliphatic heterocycles. The van der Waals surface area contributed by atoms with Gasteiger partial charge >= 0.3 is 0 Å². The van der Waals surface area contributed by atoms with Crippen molar-refractivity contribution in [2.75, 3.05) is 0 Å². The van der Waals surface area contributed by atoms with E-state index in [1.54, 1.807) is 12.3 Å². The third-order valence-electron chi connectivity index (χ3n) is 3.44. The van der Waals surface area contributed by atoms with Crippen LogP contribution in [-0.4, -0.2) is 11.0 Å². The van der Waals surface area contributed by atoms with Gasteiger partial charge in [0.1, 0.15) is 5.41 Å². The topological polar surface area (TPSA) is 49.9 Å². The lowest BCUT2D eigenvalue weighted by atomic mass is 9.66. The maximum Gasteiger partial charge on any atom is 0.180 e. The smallest absolute Gasteiger partial charge is 0.180 e. The Kier molecular flexibility index (Phi) is 2.39. The van der Waals surface area contributed by atoms with Gasteiger partial charge in [-0.15, -0.1) is 0 Å². The fourth-order valence-corrected chi connectivity index (χ4v) is 2.96. The molecular weight excluding hydrogens is 292 g/mol. The van der Waals surface area contributed by atoms with Gasteiger partial charge in [-0.2, -0.15) is 10.0 Å². The monoisotopic (exact) mass is 300 g/mol. The Hall–Kier alpha value is -1.86. The largest absolute Gasteiger partial charge is 0.619 e. The Labute approximate surface area is 113 Å². The molecule has 0 aromatic heterocycles. The lowest BCUT2D eigenvalue weighted by Gasteiger charge is -2.36. The average molecular weight is 301 g/mol. The van der Waals surface area contributed by atoms with Crippen LogP contribution in [0.2, 0.25) is 0 Å². The molecule has 2 aliphatic carbocycles. The van der Waals surface area contributed by atoms with E-state index in [9.17, 15) is 5.21 Å². The fourth-order valence-electron chi connectivity index (χ4n) is 2.55. The molecule has 3 rings (SSSR count). The van der Waals surface area contributed by atoms with Gasteiger partial charge in [0, 0.05) is 10.6 Å². The van der Waals surface area contributed by atoms with Crippen molar-refractivity contribution >= 4 is 22.1 Å².